The van der Waals surface area contributed by atoms with Gasteiger partial charge in [0.25, 0.3) is 0 Å². The van der Waals surface area contributed by atoms with Crippen molar-refractivity contribution in [2.75, 3.05) is 13.2 Å². The third kappa shape index (κ3) is 4.16. The summed E-state index contributed by atoms with van der Waals surface area (Å²) >= 11 is 0. The van der Waals surface area contributed by atoms with Crippen LogP contribution in [0.15, 0.2) is 60.8 Å². The first-order valence-electron chi connectivity index (χ1n) is 10.3. The van der Waals surface area contributed by atoms with Gasteiger partial charge in [-0.15, -0.1) is 0 Å². The molecule has 3 aromatic rings. The average molecular weight is 419 g/mol. The Kier molecular flexibility index (Phi) is 5.50. The highest BCUT2D eigenvalue weighted by molar-refractivity contribution is 5.93. The molecule has 4 rings (SSSR count). The van der Waals surface area contributed by atoms with Crippen LogP contribution in [0.25, 0.3) is 11.3 Å². The lowest BCUT2D eigenvalue weighted by molar-refractivity contribution is -0.142. The number of aromatic nitrogens is 1. The van der Waals surface area contributed by atoms with Gasteiger partial charge in [-0.05, 0) is 55.7 Å². The first-order chi connectivity index (χ1) is 14.7. The van der Waals surface area contributed by atoms with Crippen molar-refractivity contribution in [1.29, 1.82) is 0 Å². The van der Waals surface area contributed by atoms with Crippen LogP contribution in [0.1, 0.15) is 36.1 Å². The van der Waals surface area contributed by atoms with Crippen molar-refractivity contribution in [2.45, 2.75) is 38.2 Å². The van der Waals surface area contributed by atoms with E-state index in [1.165, 1.54) is 12.1 Å². The third-order valence-electron chi connectivity index (χ3n) is 5.93. The largest absolute Gasteiger partial charge is 0.386 e. The van der Waals surface area contributed by atoms with Crippen molar-refractivity contribution in [2.24, 2.45) is 0 Å². The number of pyridine rings is 1. The molecule has 2 aromatic carbocycles. The highest BCUT2D eigenvalue weighted by atomic mass is 19.1. The number of benzene rings is 2. The molecule has 160 valence electrons. The summed E-state index contributed by atoms with van der Waals surface area (Å²) in [6.07, 6.45) is 1.95. The number of ketones is 1. The summed E-state index contributed by atoms with van der Waals surface area (Å²) in [5.74, 6) is -0.286. The number of Topliss-reactive ketones (excluding diaryl/α,β-unsaturated/α-hetero) is 1. The number of carbonyl (C=O) groups is 1. The number of carbonyl (C=O) groups excluding carboxylic acids is 1. The Labute approximate surface area is 181 Å². The lowest BCUT2D eigenvalue weighted by atomic mass is 9.73. The monoisotopic (exact) mass is 419 g/mol. The average Bonchev–Trinajstić information content (AvgIpc) is 2.69. The molecule has 31 heavy (non-hydrogen) atoms. The summed E-state index contributed by atoms with van der Waals surface area (Å²) in [4.78, 5) is 17.8. The molecule has 2 heterocycles. The fourth-order valence-electron chi connectivity index (χ4n) is 3.98. The number of ether oxygens (including phenoxy) is 1. The third-order valence-corrected chi connectivity index (χ3v) is 5.93. The number of aliphatic hydroxyl groups is 1. The van der Waals surface area contributed by atoms with Gasteiger partial charge in [-0.2, -0.15) is 0 Å². The molecule has 0 radical (unpaired) electrons. The first kappa shape index (κ1) is 21.3. The maximum absolute atomic E-state index is 13.2. The van der Waals surface area contributed by atoms with Crippen molar-refractivity contribution in [1.82, 2.24) is 4.98 Å². The van der Waals surface area contributed by atoms with E-state index in [4.69, 9.17) is 4.74 Å². The lowest BCUT2D eigenvalue weighted by Crippen LogP contribution is -2.53. The molecule has 0 amide bonds. The molecule has 5 heteroatoms. The molecule has 1 aliphatic rings. The molecule has 0 spiro atoms. The zero-order valence-corrected chi connectivity index (χ0v) is 18.0. The van der Waals surface area contributed by atoms with E-state index in [-0.39, 0.29) is 18.0 Å². The number of aryl methyl sites for hydroxylation is 1. The number of hydrogen-bond donors (Lipinski definition) is 1. The molecule has 1 N–H and O–H groups in total. The smallest absolute Gasteiger partial charge is 0.152 e. The SMILES string of the molecule is Cc1ccc(-c2ccc(C3(C(=O)Cc4ccc(F)cc4)COC3)cn2)c(C(C)(C)O)c1. The summed E-state index contributed by atoms with van der Waals surface area (Å²) < 4.78 is 18.6. The van der Waals surface area contributed by atoms with E-state index >= 15 is 0 Å². The van der Waals surface area contributed by atoms with Crippen LogP contribution < -0.4 is 0 Å². The van der Waals surface area contributed by atoms with Gasteiger partial charge >= 0.3 is 0 Å². The zero-order valence-electron chi connectivity index (χ0n) is 18.0. The van der Waals surface area contributed by atoms with Crippen LogP contribution in [0, 0.1) is 12.7 Å². The van der Waals surface area contributed by atoms with Crippen molar-refractivity contribution in [3.05, 3.63) is 88.9 Å². The number of nitrogens with zero attached hydrogens (tertiary/aromatic N) is 1. The van der Waals surface area contributed by atoms with Crippen LogP contribution in [0.4, 0.5) is 4.39 Å². The van der Waals surface area contributed by atoms with E-state index < -0.39 is 11.0 Å². The van der Waals surface area contributed by atoms with E-state index in [2.05, 4.69) is 4.98 Å². The van der Waals surface area contributed by atoms with Crippen molar-refractivity contribution in [3.63, 3.8) is 0 Å². The molecular weight excluding hydrogens is 393 g/mol. The quantitative estimate of drug-likeness (QED) is 0.639. The summed E-state index contributed by atoms with van der Waals surface area (Å²) in [6.45, 7) is 6.13. The standard InChI is InChI=1S/C26H26FNO3/c1-17-4-10-21(22(12-17)25(2,3)30)23-11-7-19(14-28-23)26(15-31-16-26)24(29)13-18-5-8-20(27)9-6-18/h4-12,14,30H,13,15-16H2,1-3H3. The molecule has 1 aromatic heterocycles. The van der Waals surface area contributed by atoms with Crippen molar-refractivity contribution in [3.8, 4) is 11.3 Å². The zero-order chi connectivity index (χ0) is 22.2. The Bertz CT molecular complexity index is 1090. The van der Waals surface area contributed by atoms with Gasteiger partial charge in [0.2, 0.25) is 0 Å². The molecule has 4 nitrogen and oxygen atoms in total. The van der Waals surface area contributed by atoms with E-state index in [0.29, 0.717) is 13.2 Å². The second kappa shape index (κ2) is 7.98. The molecule has 1 saturated heterocycles. The Balaban J connectivity index is 1.63. The van der Waals surface area contributed by atoms with E-state index in [9.17, 15) is 14.3 Å². The normalized spacial score (nSPS) is 15.4. The van der Waals surface area contributed by atoms with Crippen molar-refractivity contribution < 1.29 is 19.0 Å². The van der Waals surface area contributed by atoms with Gasteiger partial charge in [-0.25, -0.2) is 4.39 Å². The maximum Gasteiger partial charge on any atom is 0.152 e. The van der Waals surface area contributed by atoms with E-state index in [1.807, 2.05) is 37.3 Å². The van der Waals surface area contributed by atoms with Crippen LogP contribution >= 0.6 is 0 Å². The highest BCUT2D eigenvalue weighted by Gasteiger charge is 2.47. The fourth-order valence-corrected chi connectivity index (χ4v) is 3.98. The molecule has 0 atom stereocenters. The summed E-state index contributed by atoms with van der Waals surface area (Å²) in [5, 5.41) is 10.6. The van der Waals surface area contributed by atoms with Crippen LogP contribution in [-0.4, -0.2) is 29.1 Å². The number of rotatable bonds is 6. The van der Waals surface area contributed by atoms with Gasteiger partial charge in [0, 0.05) is 18.2 Å². The lowest BCUT2D eigenvalue weighted by Gasteiger charge is -2.40. The van der Waals surface area contributed by atoms with E-state index in [1.54, 1.807) is 32.2 Å². The highest BCUT2D eigenvalue weighted by Crippen LogP contribution is 2.36. The van der Waals surface area contributed by atoms with Gasteiger partial charge in [-0.3, -0.25) is 9.78 Å². The number of hydrogen-bond acceptors (Lipinski definition) is 4. The minimum atomic E-state index is -1.00. The first-order valence-corrected chi connectivity index (χ1v) is 10.3. The Morgan fingerprint density at radius 2 is 1.84 bits per heavy atom. The maximum atomic E-state index is 13.2. The van der Waals surface area contributed by atoms with Crippen LogP contribution in [0.2, 0.25) is 0 Å². The van der Waals surface area contributed by atoms with E-state index in [0.717, 1.165) is 33.5 Å². The molecule has 1 aliphatic heterocycles. The molecule has 0 aliphatic carbocycles. The van der Waals surface area contributed by atoms with Gasteiger partial charge in [-0.1, -0.05) is 42.0 Å². The van der Waals surface area contributed by atoms with Crippen molar-refractivity contribution >= 4 is 5.78 Å². The molecular formula is C26H26FNO3. The summed E-state index contributed by atoms with van der Waals surface area (Å²) in [6, 6.07) is 15.7. The molecule has 0 bridgehead atoms. The molecule has 0 unspecified atom stereocenters. The fraction of sp³-hybridized carbons (Fsp3) is 0.308. The summed E-state index contributed by atoms with van der Waals surface area (Å²) in [7, 11) is 0. The minimum Gasteiger partial charge on any atom is -0.386 e. The van der Waals surface area contributed by atoms with Gasteiger partial charge in [0.1, 0.15) is 11.2 Å². The minimum absolute atomic E-state index is 0.0347. The predicted molar refractivity (Wildman–Crippen MR) is 117 cm³/mol. The van der Waals surface area contributed by atoms with Crippen LogP contribution in [0.3, 0.4) is 0 Å². The summed E-state index contributed by atoms with van der Waals surface area (Å²) in [5.41, 5.74) is 3.32. The van der Waals surface area contributed by atoms with Crippen LogP contribution in [-0.2, 0) is 27.0 Å². The van der Waals surface area contributed by atoms with Gasteiger partial charge in [0.05, 0.1) is 24.5 Å². The topological polar surface area (TPSA) is 59.4 Å². The second-order valence-electron chi connectivity index (χ2n) is 8.84. The Morgan fingerprint density at radius 1 is 1.13 bits per heavy atom. The second-order valence-corrected chi connectivity index (χ2v) is 8.84. The van der Waals surface area contributed by atoms with Crippen LogP contribution in [0.5, 0.6) is 0 Å². The predicted octanol–water partition coefficient (Wildman–Crippen LogP) is 4.50. The number of halogens is 1. The van der Waals surface area contributed by atoms with Gasteiger partial charge in [0.15, 0.2) is 5.78 Å². The van der Waals surface area contributed by atoms with Gasteiger partial charge < -0.3 is 9.84 Å². The molecule has 0 saturated carbocycles. The Morgan fingerprint density at radius 3 is 2.39 bits per heavy atom. The molecule has 1 fully saturated rings. The Hall–Kier alpha value is -2.89.